The number of benzene rings is 1. The van der Waals surface area contributed by atoms with Gasteiger partial charge in [-0.3, -0.25) is 14.6 Å². The van der Waals surface area contributed by atoms with Crippen molar-refractivity contribution >= 4 is 23.5 Å². The highest BCUT2D eigenvalue weighted by atomic mass is 16.2. The van der Waals surface area contributed by atoms with Gasteiger partial charge in [0.15, 0.2) is 5.96 Å². The van der Waals surface area contributed by atoms with Gasteiger partial charge in [0.2, 0.25) is 11.8 Å². The van der Waals surface area contributed by atoms with Crippen LogP contribution >= 0.6 is 0 Å². The van der Waals surface area contributed by atoms with Gasteiger partial charge in [0.05, 0.1) is 6.04 Å². The number of nitrogens with zero attached hydrogens (tertiary/aromatic N) is 2. The number of hydrogen-bond donors (Lipinski definition) is 3. The quantitative estimate of drug-likeness (QED) is 0.545. The van der Waals surface area contributed by atoms with Crippen molar-refractivity contribution in [3.63, 3.8) is 0 Å². The number of rotatable bonds is 2. The van der Waals surface area contributed by atoms with E-state index >= 15 is 0 Å². The molecule has 0 bridgehead atoms. The molecule has 2 atom stereocenters. The summed E-state index contributed by atoms with van der Waals surface area (Å²) in [5.74, 6) is -0.244. The number of hydrogen-bond acceptors (Lipinski definition) is 3. The standard InChI is InChI=1S/C15H21N5O2/c1-8-6-12(19-15(17)18-3)11-7-10(14(16)22)4-5-13(11)20(8)9(2)21/h4-5,7-8,12H,6H2,1-3H3,(H2,16,22)(H3,17,18,19). The third-order valence-corrected chi connectivity index (χ3v) is 3.87. The first-order chi connectivity index (χ1) is 10.3. The highest BCUT2D eigenvalue weighted by Crippen LogP contribution is 2.37. The molecule has 0 aliphatic carbocycles. The molecule has 1 aromatic carbocycles. The van der Waals surface area contributed by atoms with E-state index in [-0.39, 0.29) is 18.0 Å². The Bertz CT molecular complexity index is 641. The van der Waals surface area contributed by atoms with E-state index in [0.29, 0.717) is 17.9 Å². The molecule has 2 amide bonds. The van der Waals surface area contributed by atoms with Crippen LogP contribution in [0.4, 0.5) is 5.69 Å². The van der Waals surface area contributed by atoms with Gasteiger partial charge in [0.1, 0.15) is 0 Å². The number of nitrogens with two attached hydrogens (primary N) is 2. The average molecular weight is 303 g/mol. The lowest BCUT2D eigenvalue weighted by Crippen LogP contribution is -2.46. The van der Waals surface area contributed by atoms with Gasteiger partial charge in [0.25, 0.3) is 0 Å². The van der Waals surface area contributed by atoms with Crippen LogP contribution in [0.15, 0.2) is 23.2 Å². The fraction of sp³-hybridized carbons (Fsp3) is 0.400. The summed E-state index contributed by atoms with van der Waals surface area (Å²) in [4.78, 5) is 29.0. The van der Waals surface area contributed by atoms with Gasteiger partial charge in [0, 0.05) is 31.3 Å². The van der Waals surface area contributed by atoms with Crippen molar-refractivity contribution in [1.82, 2.24) is 5.32 Å². The maximum atomic E-state index is 11.9. The Morgan fingerprint density at radius 1 is 1.36 bits per heavy atom. The van der Waals surface area contributed by atoms with Crippen LogP contribution in [0.2, 0.25) is 0 Å². The fourth-order valence-electron chi connectivity index (χ4n) is 2.88. The first-order valence-electron chi connectivity index (χ1n) is 7.07. The van der Waals surface area contributed by atoms with Crippen molar-refractivity contribution in [3.05, 3.63) is 29.3 Å². The molecule has 5 N–H and O–H groups in total. The minimum absolute atomic E-state index is 0.00610. The van der Waals surface area contributed by atoms with Gasteiger partial charge in [-0.25, -0.2) is 0 Å². The molecular weight excluding hydrogens is 282 g/mol. The molecule has 1 aromatic rings. The summed E-state index contributed by atoms with van der Waals surface area (Å²) in [6.07, 6.45) is 0.658. The molecule has 118 valence electrons. The van der Waals surface area contributed by atoms with E-state index in [1.807, 2.05) is 6.92 Å². The number of carbonyl (C=O) groups excluding carboxylic acids is 2. The molecule has 2 unspecified atom stereocenters. The summed E-state index contributed by atoms with van der Waals surface area (Å²) in [6.45, 7) is 3.50. The van der Waals surface area contributed by atoms with Crippen LogP contribution in [0.1, 0.15) is 42.2 Å². The van der Waals surface area contributed by atoms with E-state index in [1.54, 1.807) is 30.1 Å². The zero-order chi connectivity index (χ0) is 16.4. The molecule has 0 aromatic heterocycles. The highest BCUT2D eigenvalue weighted by Gasteiger charge is 2.33. The molecule has 1 heterocycles. The predicted molar refractivity (Wildman–Crippen MR) is 85.6 cm³/mol. The van der Waals surface area contributed by atoms with Gasteiger partial charge >= 0.3 is 0 Å². The van der Waals surface area contributed by atoms with Gasteiger partial charge in [-0.15, -0.1) is 0 Å². The zero-order valence-corrected chi connectivity index (χ0v) is 13.0. The zero-order valence-electron chi connectivity index (χ0n) is 13.0. The molecule has 1 aliphatic heterocycles. The van der Waals surface area contributed by atoms with E-state index in [9.17, 15) is 9.59 Å². The lowest BCUT2D eigenvalue weighted by Gasteiger charge is -2.39. The Balaban J connectivity index is 2.53. The molecule has 1 aliphatic rings. The summed E-state index contributed by atoms with van der Waals surface area (Å²) >= 11 is 0. The van der Waals surface area contributed by atoms with Crippen LogP contribution in [0.3, 0.4) is 0 Å². The van der Waals surface area contributed by atoms with Crippen LogP contribution < -0.4 is 21.7 Å². The van der Waals surface area contributed by atoms with Gasteiger partial charge in [-0.1, -0.05) is 0 Å². The van der Waals surface area contributed by atoms with Crippen molar-refractivity contribution in [2.24, 2.45) is 16.5 Å². The molecule has 0 fully saturated rings. The largest absolute Gasteiger partial charge is 0.370 e. The Hall–Kier alpha value is -2.57. The molecule has 0 saturated heterocycles. The van der Waals surface area contributed by atoms with Crippen LogP contribution in [-0.2, 0) is 4.79 Å². The summed E-state index contributed by atoms with van der Waals surface area (Å²) in [5, 5.41) is 3.12. The number of nitrogens with one attached hydrogen (secondary N) is 1. The lowest BCUT2D eigenvalue weighted by atomic mass is 9.90. The van der Waals surface area contributed by atoms with E-state index < -0.39 is 5.91 Å². The van der Waals surface area contributed by atoms with Crippen molar-refractivity contribution in [1.29, 1.82) is 0 Å². The molecule has 0 saturated carbocycles. The summed E-state index contributed by atoms with van der Waals surface area (Å²) in [7, 11) is 1.59. The Morgan fingerprint density at radius 2 is 2.05 bits per heavy atom. The third kappa shape index (κ3) is 2.88. The number of aliphatic imine (C=N–C) groups is 1. The molecule has 7 nitrogen and oxygen atoms in total. The van der Waals surface area contributed by atoms with Crippen molar-refractivity contribution in [2.45, 2.75) is 32.4 Å². The van der Waals surface area contributed by atoms with Gasteiger partial charge in [-0.2, -0.15) is 0 Å². The second-order valence-corrected chi connectivity index (χ2v) is 5.42. The monoisotopic (exact) mass is 303 g/mol. The van der Waals surface area contributed by atoms with Crippen LogP contribution in [0, 0.1) is 0 Å². The third-order valence-electron chi connectivity index (χ3n) is 3.87. The van der Waals surface area contributed by atoms with E-state index in [2.05, 4.69) is 10.3 Å². The molecular formula is C15H21N5O2. The van der Waals surface area contributed by atoms with Crippen molar-refractivity contribution in [3.8, 4) is 0 Å². The van der Waals surface area contributed by atoms with Crippen molar-refractivity contribution in [2.75, 3.05) is 11.9 Å². The van der Waals surface area contributed by atoms with E-state index in [4.69, 9.17) is 11.5 Å². The van der Waals surface area contributed by atoms with Crippen LogP contribution in [0.5, 0.6) is 0 Å². The summed E-state index contributed by atoms with van der Waals surface area (Å²) in [6, 6.07) is 4.96. The number of guanidine groups is 1. The molecule has 22 heavy (non-hydrogen) atoms. The van der Waals surface area contributed by atoms with Gasteiger partial charge < -0.3 is 21.7 Å². The summed E-state index contributed by atoms with van der Waals surface area (Å²) < 4.78 is 0. The molecule has 7 heteroatoms. The number of amides is 2. The Morgan fingerprint density at radius 3 is 2.59 bits per heavy atom. The number of carbonyl (C=O) groups is 2. The minimum atomic E-state index is -0.508. The number of fused-ring (bicyclic) bond motifs is 1. The minimum Gasteiger partial charge on any atom is -0.370 e. The van der Waals surface area contributed by atoms with Crippen molar-refractivity contribution < 1.29 is 9.59 Å². The molecule has 0 spiro atoms. The van der Waals surface area contributed by atoms with Gasteiger partial charge in [-0.05, 0) is 37.1 Å². The summed E-state index contributed by atoms with van der Waals surface area (Å²) in [5.41, 5.74) is 13.1. The van der Waals surface area contributed by atoms with Crippen LogP contribution in [-0.4, -0.2) is 30.9 Å². The SMILES string of the molecule is CN=C(N)NC1CC(C)N(C(C)=O)c2ccc(C(N)=O)cc21. The predicted octanol–water partition coefficient (Wildman–Crippen LogP) is 0.506. The first-order valence-corrected chi connectivity index (χ1v) is 7.07. The fourth-order valence-corrected chi connectivity index (χ4v) is 2.88. The molecule has 0 radical (unpaired) electrons. The number of anilines is 1. The first kappa shape index (κ1) is 15.8. The lowest BCUT2D eigenvalue weighted by molar-refractivity contribution is -0.117. The van der Waals surface area contributed by atoms with Crippen LogP contribution in [0.25, 0.3) is 0 Å². The second kappa shape index (κ2) is 6.05. The maximum absolute atomic E-state index is 11.9. The highest BCUT2D eigenvalue weighted by molar-refractivity contribution is 5.97. The van der Waals surface area contributed by atoms with E-state index in [0.717, 1.165) is 11.3 Å². The van der Waals surface area contributed by atoms with E-state index in [1.165, 1.54) is 6.92 Å². The normalized spacial score (nSPS) is 21.2. The Labute approximate surface area is 129 Å². The molecule has 2 rings (SSSR count). The topological polar surface area (TPSA) is 114 Å². The Kier molecular flexibility index (Phi) is 4.35. The maximum Gasteiger partial charge on any atom is 0.248 e. The smallest absolute Gasteiger partial charge is 0.248 e. The second-order valence-electron chi connectivity index (χ2n) is 5.42. The average Bonchev–Trinajstić information content (AvgIpc) is 2.46. The number of primary amides is 1.